The van der Waals surface area contributed by atoms with Gasteiger partial charge in [-0.3, -0.25) is 0 Å². The van der Waals surface area contributed by atoms with Crippen molar-refractivity contribution >= 4 is 11.7 Å². The smallest absolute Gasteiger partial charge is 0.319 e. The molecule has 2 amide bonds. The lowest BCUT2D eigenvalue weighted by Gasteiger charge is -2.10. The van der Waals surface area contributed by atoms with Crippen molar-refractivity contribution in [2.24, 2.45) is 0 Å². The molecule has 0 atom stereocenters. The monoisotopic (exact) mass is 426 g/mol. The molecule has 0 aliphatic heterocycles. The van der Waals surface area contributed by atoms with Crippen LogP contribution >= 0.6 is 0 Å². The van der Waals surface area contributed by atoms with E-state index in [1.165, 1.54) is 0 Å². The van der Waals surface area contributed by atoms with E-state index in [2.05, 4.69) is 20.8 Å². The minimum absolute atomic E-state index is 0.274. The summed E-state index contributed by atoms with van der Waals surface area (Å²) in [6.45, 7) is 0.597. The molecule has 0 aliphatic carbocycles. The fourth-order valence-corrected chi connectivity index (χ4v) is 2.89. The van der Waals surface area contributed by atoms with E-state index in [1.54, 1.807) is 30.3 Å². The van der Waals surface area contributed by atoms with Crippen LogP contribution in [0.4, 0.5) is 10.5 Å². The Morgan fingerprint density at radius 3 is 2.12 bits per heavy atom. The van der Waals surface area contributed by atoms with Crippen molar-refractivity contribution in [3.05, 3.63) is 97.1 Å². The zero-order chi connectivity index (χ0) is 22.0. The van der Waals surface area contributed by atoms with Crippen LogP contribution in [0.25, 0.3) is 11.3 Å². The largest absolute Gasteiger partial charge is 0.475 e. The Kier molecular flexibility index (Phi) is 6.90. The van der Waals surface area contributed by atoms with Gasteiger partial charge in [0.25, 0.3) is 0 Å². The first-order chi connectivity index (χ1) is 15.8. The molecule has 32 heavy (non-hydrogen) atoms. The summed E-state index contributed by atoms with van der Waals surface area (Å²) in [4.78, 5) is 12.1. The van der Waals surface area contributed by atoms with Crippen LogP contribution in [0.5, 0.6) is 17.4 Å². The van der Waals surface area contributed by atoms with Gasteiger partial charge in [-0.1, -0.05) is 48.5 Å². The van der Waals surface area contributed by atoms with Gasteiger partial charge in [0.15, 0.2) is 0 Å². The highest BCUT2D eigenvalue weighted by atomic mass is 16.5. The molecule has 2 N–H and O–H groups in total. The van der Waals surface area contributed by atoms with Crippen molar-refractivity contribution in [2.45, 2.75) is 0 Å². The first-order valence-electron chi connectivity index (χ1n) is 10.2. The number of nitrogens with zero attached hydrogens (tertiary/aromatic N) is 2. The number of carbonyl (C=O) groups is 1. The number of hydrogen-bond acceptors (Lipinski definition) is 5. The molecule has 160 valence electrons. The number of carbonyl (C=O) groups excluding carboxylic acids is 1. The lowest BCUT2D eigenvalue weighted by atomic mass is 10.1. The van der Waals surface area contributed by atoms with Crippen LogP contribution in [0.1, 0.15) is 0 Å². The second kappa shape index (κ2) is 10.6. The SMILES string of the molecule is O=C(NCCOc1ccc(-c2ccccc2)nn1)Nc1ccc(Oc2ccccc2)cc1. The first kappa shape index (κ1) is 20.9. The summed E-state index contributed by atoms with van der Waals surface area (Å²) >= 11 is 0. The number of ether oxygens (including phenoxy) is 2. The third-order valence-corrected chi connectivity index (χ3v) is 4.44. The van der Waals surface area contributed by atoms with Crippen LogP contribution in [0.2, 0.25) is 0 Å². The number of nitrogens with one attached hydrogen (secondary N) is 2. The van der Waals surface area contributed by atoms with Gasteiger partial charge in [-0.15, -0.1) is 10.2 Å². The Morgan fingerprint density at radius 2 is 1.44 bits per heavy atom. The Labute approximate surface area is 186 Å². The number of hydrogen-bond donors (Lipinski definition) is 2. The van der Waals surface area contributed by atoms with Crippen LogP contribution in [0.3, 0.4) is 0 Å². The summed E-state index contributed by atoms with van der Waals surface area (Å²) in [5, 5.41) is 13.7. The molecule has 4 rings (SSSR count). The van der Waals surface area contributed by atoms with Crippen molar-refractivity contribution in [3.63, 3.8) is 0 Å². The minimum atomic E-state index is -0.323. The van der Waals surface area contributed by atoms with Crippen molar-refractivity contribution < 1.29 is 14.3 Å². The quantitative estimate of drug-likeness (QED) is 0.381. The Hall–Kier alpha value is -4.39. The van der Waals surface area contributed by atoms with Crippen LogP contribution in [0.15, 0.2) is 97.1 Å². The third kappa shape index (κ3) is 6.06. The Bertz CT molecular complexity index is 1120. The highest BCUT2D eigenvalue weighted by Crippen LogP contribution is 2.22. The topological polar surface area (TPSA) is 85.4 Å². The van der Waals surface area contributed by atoms with E-state index >= 15 is 0 Å². The van der Waals surface area contributed by atoms with E-state index in [4.69, 9.17) is 9.47 Å². The Balaban J connectivity index is 1.17. The highest BCUT2D eigenvalue weighted by molar-refractivity contribution is 5.89. The summed E-state index contributed by atoms with van der Waals surface area (Å²) in [5.74, 6) is 1.85. The number of para-hydroxylation sites is 1. The van der Waals surface area contributed by atoms with E-state index < -0.39 is 0 Å². The standard InChI is InChI=1S/C25H22N4O3/c30-25(27-20-11-13-22(14-12-20)32-21-9-5-2-6-10-21)26-17-18-31-24-16-15-23(28-29-24)19-7-3-1-4-8-19/h1-16H,17-18H2,(H2,26,27,30). The lowest BCUT2D eigenvalue weighted by Crippen LogP contribution is -2.32. The molecule has 1 heterocycles. The van der Waals surface area contributed by atoms with Crippen LogP contribution in [-0.4, -0.2) is 29.4 Å². The molecule has 0 spiro atoms. The number of rotatable bonds is 8. The summed E-state index contributed by atoms with van der Waals surface area (Å²) < 4.78 is 11.3. The molecule has 0 unspecified atom stereocenters. The average molecular weight is 426 g/mol. The Morgan fingerprint density at radius 1 is 0.750 bits per heavy atom. The first-order valence-corrected chi connectivity index (χ1v) is 10.2. The molecule has 0 fully saturated rings. The van der Waals surface area contributed by atoms with Crippen LogP contribution in [0, 0.1) is 0 Å². The highest BCUT2D eigenvalue weighted by Gasteiger charge is 2.04. The molecule has 0 saturated carbocycles. The molecule has 0 bridgehead atoms. The maximum absolute atomic E-state index is 12.1. The number of benzene rings is 3. The van der Waals surface area contributed by atoms with Gasteiger partial charge >= 0.3 is 6.03 Å². The van der Waals surface area contributed by atoms with E-state index in [1.807, 2.05) is 66.7 Å². The minimum Gasteiger partial charge on any atom is -0.475 e. The number of amides is 2. The van der Waals surface area contributed by atoms with Gasteiger partial charge in [-0.25, -0.2) is 4.79 Å². The molecule has 7 heteroatoms. The fraction of sp³-hybridized carbons (Fsp3) is 0.0800. The molecule has 0 aliphatic rings. The van der Waals surface area contributed by atoms with Gasteiger partial charge in [-0.05, 0) is 42.5 Å². The molecule has 1 aromatic heterocycles. The van der Waals surface area contributed by atoms with Crippen molar-refractivity contribution in [3.8, 4) is 28.6 Å². The van der Waals surface area contributed by atoms with Crippen LogP contribution in [-0.2, 0) is 0 Å². The third-order valence-electron chi connectivity index (χ3n) is 4.44. The predicted octanol–water partition coefficient (Wildman–Crippen LogP) is 5.14. The van der Waals surface area contributed by atoms with E-state index in [0.29, 0.717) is 23.9 Å². The molecular weight excluding hydrogens is 404 g/mol. The number of urea groups is 1. The lowest BCUT2D eigenvalue weighted by molar-refractivity contribution is 0.246. The zero-order valence-corrected chi connectivity index (χ0v) is 17.3. The molecule has 0 saturated heterocycles. The molecule has 0 radical (unpaired) electrons. The van der Waals surface area contributed by atoms with Gasteiger partial charge in [0.05, 0.1) is 12.2 Å². The normalized spacial score (nSPS) is 10.2. The molecular formula is C25H22N4O3. The van der Waals surface area contributed by atoms with E-state index in [9.17, 15) is 4.79 Å². The fourth-order valence-electron chi connectivity index (χ4n) is 2.89. The molecule has 3 aromatic carbocycles. The van der Waals surface area contributed by atoms with Gasteiger partial charge in [0.2, 0.25) is 5.88 Å². The predicted molar refractivity (Wildman–Crippen MR) is 123 cm³/mol. The zero-order valence-electron chi connectivity index (χ0n) is 17.3. The van der Waals surface area contributed by atoms with Gasteiger partial charge in [0, 0.05) is 17.3 Å². The summed E-state index contributed by atoms with van der Waals surface area (Å²) in [6.07, 6.45) is 0. The van der Waals surface area contributed by atoms with E-state index in [-0.39, 0.29) is 12.6 Å². The average Bonchev–Trinajstić information content (AvgIpc) is 2.85. The molecule has 4 aromatic rings. The summed E-state index contributed by atoms with van der Waals surface area (Å²) in [6, 6.07) is 29.7. The van der Waals surface area contributed by atoms with Crippen molar-refractivity contribution in [1.29, 1.82) is 0 Å². The molecule has 7 nitrogen and oxygen atoms in total. The van der Waals surface area contributed by atoms with Crippen molar-refractivity contribution in [1.82, 2.24) is 15.5 Å². The second-order valence-corrected chi connectivity index (χ2v) is 6.79. The van der Waals surface area contributed by atoms with E-state index in [0.717, 1.165) is 17.0 Å². The summed E-state index contributed by atoms with van der Waals surface area (Å²) in [7, 11) is 0. The number of anilines is 1. The van der Waals surface area contributed by atoms with Gasteiger partial charge in [0.1, 0.15) is 18.1 Å². The number of aromatic nitrogens is 2. The maximum atomic E-state index is 12.1. The van der Waals surface area contributed by atoms with Gasteiger partial charge < -0.3 is 20.1 Å². The van der Waals surface area contributed by atoms with Crippen LogP contribution < -0.4 is 20.1 Å². The van der Waals surface area contributed by atoms with Crippen molar-refractivity contribution in [2.75, 3.05) is 18.5 Å². The maximum Gasteiger partial charge on any atom is 0.319 e. The second-order valence-electron chi connectivity index (χ2n) is 6.79. The summed E-state index contributed by atoms with van der Waals surface area (Å²) in [5.41, 5.74) is 2.42. The van der Waals surface area contributed by atoms with Gasteiger partial charge in [-0.2, -0.15) is 0 Å².